The molecule has 1 heterocycles. The highest BCUT2D eigenvalue weighted by Gasteiger charge is 2.15. The van der Waals surface area contributed by atoms with Crippen molar-refractivity contribution in [2.24, 2.45) is 0 Å². The Labute approximate surface area is 99.0 Å². The van der Waals surface area contributed by atoms with Crippen LogP contribution in [-0.2, 0) is 19.1 Å². The summed E-state index contributed by atoms with van der Waals surface area (Å²) in [5.74, 6) is -0.640. The van der Waals surface area contributed by atoms with Crippen molar-refractivity contribution in [1.82, 2.24) is 0 Å². The second-order valence-corrected chi connectivity index (χ2v) is 3.21. The average Bonchev–Trinajstić information content (AvgIpc) is 2.86. The van der Waals surface area contributed by atoms with Gasteiger partial charge in [0.05, 0.1) is 13.4 Å². The summed E-state index contributed by atoms with van der Waals surface area (Å²) in [5.41, 5.74) is 0. The Morgan fingerprint density at radius 2 is 2.12 bits per heavy atom. The van der Waals surface area contributed by atoms with Gasteiger partial charge in [0, 0.05) is 12.2 Å². The maximum atomic E-state index is 11.4. The van der Waals surface area contributed by atoms with E-state index in [1.165, 1.54) is 13.4 Å². The van der Waals surface area contributed by atoms with E-state index in [1.54, 1.807) is 12.1 Å². The van der Waals surface area contributed by atoms with Crippen LogP contribution < -0.4 is 0 Å². The second kappa shape index (κ2) is 6.52. The summed E-state index contributed by atoms with van der Waals surface area (Å²) in [6.07, 6.45) is 3.69. The molecule has 17 heavy (non-hydrogen) atoms. The van der Waals surface area contributed by atoms with Gasteiger partial charge in [0.2, 0.25) is 0 Å². The highest BCUT2D eigenvalue weighted by Crippen LogP contribution is 2.21. The normalized spacial score (nSPS) is 12.4. The topological polar surface area (TPSA) is 65.7 Å². The molecule has 0 fully saturated rings. The Hall–Kier alpha value is -2.04. The Bertz CT molecular complexity index is 391. The van der Waals surface area contributed by atoms with Gasteiger partial charge >= 0.3 is 11.9 Å². The molecule has 1 rings (SSSR count). The van der Waals surface area contributed by atoms with Crippen LogP contribution in [0.25, 0.3) is 0 Å². The summed E-state index contributed by atoms with van der Waals surface area (Å²) < 4.78 is 14.6. The largest absolute Gasteiger partial charge is 0.466 e. The SMILES string of the molecule is CC[C@H](OC(=O)/C=C/C(=O)OC)c1ccco1. The molecule has 0 aliphatic heterocycles. The Balaban J connectivity index is 2.55. The van der Waals surface area contributed by atoms with Gasteiger partial charge in [0.1, 0.15) is 5.76 Å². The molecule has 0 saturated carbocycles. The van der Waals surface area contributed by atoms with E-state index in [2.05, 4.69) is 4.74 Å². The van der Waals surface area contributed by atoms with Crippen LogP contribution in [0.3, 0.4) is 0 Å². The summed E-state index contributed by atoms with van der Waals surface area (Å²) in [5, 5.41) is 0. The van der Waals surface area contributed by atoms with E-state index in [1.807, 2.05) is 6.92 Å². The summed E-state index contributed by atoms with van der Waals surface area (Å²) >= 11 is 0. The van der Waals surface area contributed by atoms with E-state index in [-0.39, 0.29) is 0 Å². The van der Waals surface area contributed by atoms with Gasteiger partial charge in [-0.3, -0.25) is 0 Å². The molecule has 5 nitrogen and oxygen atoms in total. The number of ether oxygens (including phenoxy) is 2. The van der Waals surface area contributed by atoms with Crippen molar-refractivity contribution in [1.29, 1.82) is 0 Å². The van der Waals surface area contributed by atoms with Gasteiger partial charge in [0.25, 0.3) is 0 Å². The Kier molecular flexibility index (Phi) is 5.00. The third-order valence-corrected chi connectivity index (χ3v) is 2.05. The first-order valence-electron chi connectivity index (χ1n) is 5.17. The Morgan fingerprint density at radius 3 is 2.65 bits per heavy atom. The van der Waals surface area contributed by atoms with Crippen LogP contribution in [0.2, 0.25) is 0 Å². The molecular weight excluding hydrogens is 224 g/mol. The smallest absolute Gasteiger partial charge is 0.331 e. The second-order valence-electron chi connectivity index (χ2n) is 3.21. The van der Waals surface area contributed by atoms with Crippen molar-refractivity contribution >= 4 is 11.9 Å². The summed E-state index contributed by atoms with van der Waals surface area (Å²) in [4.78, 5) is 22.1. The van der Waals surface area contributed by atoms with Crippen LogP contribution in [0, 0.1) is 0 Å². The van der Waals surface area contributed by atoms with E-state index in [4.69, 9.17) is 9.15 Å². The zero-order valence-electron chi connectivity index (χ0n) is 9.71. The number of rotatable bonds is 5. The number of esters is 2. The van der Waals surface area contributed by atoms with Crippen molar-refractivity contribution in [2.75, 3.05) is 7.11 Å². The van der Waals surface area contributed by atoms with E-state index in [0.717, 1.165) is 12.2 Å². The molecule has 0 unspecified atom stereocenters. The number of methoxy groups -OCH3 is 1. The molecule has 1 aromatic rings. The zero-order valence-corrected chi connectivity index (χ0v) is 9.71. The van der Waals surface area contributed by atoms with Crippen LogP contribution in [-0.4, -0.2) is 19.0 Å². The molecule has 0 amide bonds. The van der Waals surface area contributed by atoms with Crippen molar-refractivity contribution in [3.8, 4) is 0 Å². The zero-order chi connectivity index (χ0) is 12.7. The van der Waals surface area contributed by atoms with E-state index in [0.29, 0.717) is 12.2 Å². The molecule has 0 spiro atoms. The predicted octanol–water partition coefficient (Wildman–Crippen LogP) is 2.00. The lowest BCUT2D eigenvalue weighted by atomic mass is 10.2. The van der Waals surface area contributed by atoms with Gasteiger partial charge in [-0.15, -0.1) is 0 Å². The number of carbonyl (C=O) groups excluding carboxylic acids is 2. The maximum absolute atomic E-state index is 11.4. The average molecular weight is 238 g/mol. The molecule has 1 aromatic heterocycles. The highest BCUT2D eigenvalue weighted by atomic mass is 16.6. The number of hydrogen-bond acceptors (Lipinski definition) is 5. The number of hydrogen-bond donors (Lipinski definition) is 0. The third-order valence-electron chi connectivity index (χ3n) is 2.05. The lowest BCUT2D eigenvalue weighted by Gasteiger charge is -2.11. The van der Waals surface area contributed by atoms with Crippen molar-refractivity contribution in [3.05, 3.63) is 36.3 Å². The summed E-state index contributed by atoms with van der Waals surface area (Å²) in [6, 6.07) is 3.45. The molecule has 0 saturated heterocycles. The fourth-order valence-electron chi connectivity index (χ4n) is 1.20. The maximum Gasteiger partial charge on any atom is 0.331 e. The molecule has 0 aliphatic carbocycles. The molecular formula is C12H14O5. The van der Waals surface area contributed by atoms with Crippen molar-refractivity contribution in [2.45, 2.75) is 19.4 Å². The van der Waals surface area contributed by atoms with E-state index < -0.39 is 18.0 Å². The van der Waals surface area contributed by atoms with E-state index in [9.17, 15) is 9.59 Å². The monoisotopic (exact) mass is 238 g/mol. The quantitative estimate of drug-likeness (QED) is 0.579. The van der Waals surface area contributed by atoms with Crippen molar-refractivity contribution < 1.29 is 23.5 Å². The lowest BCUT2D eigenvalue weighted by molar-refractivity contribution is -0.145. The van der Waals surface area contributed by atoms with Crippen LogP contribution in [0.5, 0.6) is 0 Å². The van der Waals surface area contributed by atoms with E-state index >= 15 is 0 Å². The minimum atomic E-state index is -0.612. The first-order valence-corrected chi connectivity index (χ1v) is 5.17. The molecule has 92 valence electrons. The minimum absolute atomic E-state index is 0.445. The standard InChI is InChI=1S/C12H14O5/c1-3-9(10-5-4-8-16-10)17-12(14)7-6-11(13)15-2/h4-9H,3H2,1-2H3/b7-6+/t9-/m0/s1. The molecule has 0 bridgehead atoms. The van der Waals surface area contributed by atoms with Gasteiger partial charge in [-0.05, 0) is 18.6 Å². The fourth-order valence-corrected chi connectivity index (χ4v) is 1.20. The number of carbonyl (C=O) groups is 2. The number of furan rings is 1. The molecule has 0 radical (unpaired) electrons. The first-order chi connectivity index (χ1) is 8.17. The molecule has 0 aromatic carbocycles. The molecule has 0 aliphatic rings. The van der Waals surface area contributed by atoms with Crippen LogP contribution in [0.1, 0.15) is 25.2 Å². The minimum Gasteiger partial charge on any atom is -0.466 e. The lowest BCUT2D eigenvalue weighted by Crippen LogP contribution is -2.08. The van der Waals surface area contributed by atoms with Gasteiger partial charge in [-0.2, -0.15) is 0 Å². The van der Waals surface area contributed by atoms with Crippen molar-refractivity contribution in [3.63, 3.8) is 0 Å². The Morgan fingerprint density at radius 1 is 1.41 bits per heavy atom. The van der Waals surface area contributed by atoms with Crippen LogP contribution in [0.4, 0.5) is 0 Å². The summed E-state index contributed by atoms with van der Waals surface area (Å²) in [6.45, 7) is 1.87. The predicted molar refractivity (Wildman–Crippen MR) is 59.0 cm³/mol. The van der Waals surface area contributed by atoms with Crippen LogP contribution >= 0.6 is 0 Å². The van der Waals surface area contributed by atoms with Gasteiger partial charge in [0.15, 0.2) is 6.10 Å². The molecule has 0 N–H and O–H groups in total. The fraction of sp³-hybridized carbons (Fsp3) is 0.333. The van der Waals surface area contributed by atoms with Gasteiger partial charge in [-0.1, -0.05) is 6.92 Å². The molecule has 1 atom stereocenters. The van der Waals surface area contributed by atoms with Gasteiger partial charge in [-0.25, -0.2) is 9.59 Å². The third kappa shape index (κ3) is 4.14. The first kappa shape index (κ1) is 13.0. The van der Waals surface area contributed by atoms with Gasteiger partial charge < -0.3 is 13.9 Å². The molecule has 5 heteroatoms. The summed E-state index contributed by atoms with van der Waals surface area (Å²) in [7, 11) is 1.23. The van der Waals surface area contributed by atoms with Crippen LogP contribution in [0.15, 0.2) is 35.0 Å². The highest BCUT2D eigenvalue weighted by molar-refractivity contribution is 5.91.